The Balaban J connectivity index is 3.37. The van der Waals surface area contributed by atoms with Gasteiger partial charge < -0.3 is 19.9 Å². The maximum absolute atomic E-state index is 10.9. The Hall–Kier alpha value is -1.58. The third-order valence-corrected chi connectivity index (χ3v) is 1.43. The molecule has 1 amide bonds. The fraction of sp³-hybridized carbons (Fsp3) is 0.600. The monoisotopic (exact) mass is 229 g/mol. The van der Waals surface area contributed by atoms with Crippen LogP contribution in [0.15, 0.2) is 0 Å². The molecular formula is C10H15NO5. The van der Waals surface area contributed by atoms with Gasteiger partial charge >= 0.3 is 5.97 Å². The number of amides is 1. The molecule has 0 bridgehead atoms. The number of esters is 1. The summed E-state index contributed by atoms with van der Waals surface area (Å²) in [5.74, 6) is 1.19. The molecule has 0 saturated carbocycles. The number of aliphatic hydroxyl groups is 1. The molecule has 0 rings (SSSR count). The van der Waals surface area contributed by atoms with Crippen LogP contribution in [-0.2, 0) is 19.1 Å². The lowest BCUT2D eigenvalue weighted by Gasteiger charge is -2.07. The van der Waals surface area contributed by atoms with Crippen molar-refractivity contribution in [1.29, 1.82) is 0 Å². The lowest BCUT2D eigenvalue weighted by atomic mass is 10.4. The topological polar surface area (TPSA) is 84.9 Å². The van der Waals surface area contributed by atoms with Gasteiger partial charge in [0.25, 0.3) is 0 Å². The van der Waals surface area contributed by atoms with Crippen molar-refractivity contribution in [2.24, 2.45) is 0 Å². The first-order valence-electron chi connectivity index (χ1n) is 4.70. The van der Waals surface area contributed by atoms with Crippen LogP contribution in [0.2, 0.25) is 0 Å². The molecule has 1 atom stereocenters. The summed E-state index contributed by atoms with van der Waals surface area (Å²) in [4.78, 5) is 21.7. The Kier molecular flexibility index (Phi) is 7.85. The number of carbonyl (C=O) groups excluding carboxylic acids is 2. The van der Waals surface area contributed by atoms with Crippen LogP contribution in [0.4, 0.5) is 0 Å². The zero-order valence-electron chi connectivity index (χ0n) is 9.06. The van der Waals surface area contributed by atoms with Gasteiger partial charge in [-0.3, -0.25) is 4.79 Å². The van der Waals surface area contributed by atoms with Crippen LogP contribution in [0, 0.1) is 12.3 Å². The SMILES string of the molecule is C#CCNC(=O)COCCOC(=O)C(C)O. The van der Waals surface area contributed by atoms with E-state index in [2.05, 4.69) is 16.0 Å². The Morgan fingerprint density at radius 3 is 2.75 bits per heavy atom. The van der Waals surface area contributed by atoms with Crippen molar-refractivity contribution in [3.8, 4) is 12.3 Å². The van der Waals surface area contributed by atoms with Gasteiger partial charge in [-0.1, -0.05) is 5.92 Å². The van der Waals surface area contributed by atoms with Gasteiger partial charge in [-0.05, 0) is 6.92 Å². The highest BCUT2D eigenvalue weighted by Gasteiger charge is 2.09. The van der Waals surface area contributed by atoms with Crippen molar-refractivity contribution in [1.82, 2.24) is 5.32 Å². The van der Waals surface area contributed by atoms with E-state index in [4.69, 9.17) is 16.3 Å². The minimum Gasteiger partial charge on any atom is -0.461 e. The van der Waals surface area contributed by atoms with Gasteiger partial charge in [0, 0.05) is 0 Å². The summed E-state index contributed by atoms with van der Waals surface area (Å²) in [6.07, 6.45) is 3.77. The first-order valence-corrected chi connectivity index (χ1v) is 4.70. The number of terminal acetylenes is 1. The fourth-order valence-corrected chi connectivity index (χ4v) is 0.687. The smallest absolute Gasteiger partial charge is 0.334 e. The van der Waals surface area contributed by atoms with Crippen molar-refractivity contribution in [3.05, 3.63) is 0 Å². The normalized spacial score (nSPS) is 11.3. The maximum atomic E-state index is 10.9. The second-order valence-electron chi connectivity index (χ2n) is 2.88. The fourth-order valence-electron chi connectivity index (χ4n) is 0.687. The van der Waals surface area contributed by atoms with Gasteiger partial charge in [0.1, 0.15) is 19.3 Å². The van der Waals surface area contributed by atoms with E-state index in [1.165, 1.54) is 6.92 Å². The molecule has 0 aliphatic rings. The van der Waals surface area contributed by atoms with E-state index in [1.54, 1.807) is 0 Å². The second kappa shape index (κ2) is 8.71. The first-order chi connectivity index (χ1) is 7.57. The van der Waals surface area contributed by atoms with E-state index in [0.29, 0.717) is 0 Å². The molecule has 6 nitrogen and oxygen atoms in total. The summed E-state index contributed by atoms with van der Waals surface area (Å²) in [5.41, 5.74) is 0. The maximum Gasteiger partial charge on any atom is 0.334 e. The molecule has 0 radical (unpaired) electrons. The predicted octanol–water partition coefficient (Wildman–Crippen LogP) is -1.32. The minimum atomic E-state index is -1.15. The van der Waals surface area contributed by atoms with E-state index in [1.807, 2.05) is 0 Å². The molecule has 0 saturated heterocycles. The van der Waals surface area contributed by atoms with Gasteiger partial charge in [-0.25, -0.2) is 4.79 Å². The summed E-state index contributed by atoms with van der Waals surface area (Å²) < 4.78 is 9.47. The van der Waals surface area contributed by atoms with Gasteiger partial charge in [0.2, 0.25) is 5.91 Å². The van der Waals surface area contributed by atoms with Crippen molar-refractivity contribution >= 4 is 11.9 Å². The van der Waals surface area contributed by atoms with Crippen LogP contribution >= 0.6 is 0 Å². The van der Waals surface area contributed by atoms with E-state index in [9.17, 15) is 9.59 Å². The molecule has 0 aliphatic heterocycles. The lowest BCUT2D eigenvalue weighted by Crippen LogP contribution is -2.28. The zero-order chi connectivity index (χ0) is 12.4. The number of hydrogen-bond acceptors (Lipinski definition) is 5. The summed E-state index contributed by atoms with van der Waals surface area (Å²) in [5, 5.41) is 11.2. The average molecular weight is 229 g/mol. The summed E-state index contributed by atoms with van der Waals surface area (Å²) in [7, 11) is 0. The van der Waals surface area contributed by atoms with Crippen LogP contribution in [-0.4, -0.2) is 49.5 Å². The van der Waals surface area contributed by atoms with E-state index < -0.39 is 12.1 Å². The molecule has 0 heterocycles. The number of ether oxygens (including phenoxy) is 2. The standard InChI is InChI=1S/C10H15NO5/c1-3-4-11-9(13)7-15-5-6-16-10(14)8(2)12/h1,8,12H,4-7H2,2H3,(H,11,13). The lowest BCUT2D eigenvalue weighted by molar-refractivity contribution is -0.154. The average Bonchev–Trinajstić information content (AvgIpc) is 2.25. The van der Waals surface area contributed by atoms with Gasteiger partial charge in [-0.15, -0.1) is 6.42 Å². The molecular weight excluding hydrogens is 214 g/mol. The predicted molar refractivity (Wildman–Crippen MR) is 55.3 cm³/mol. The van der Waals surface area contributed by atoms with Gasteiger partial charge in [0.05, 0.1) is 13.2 Å². The molecule has 6 heteroatoms. The van der Waals surface area contributed by atoms with Gasteiger partial charge in [0.15, 0.2) is 0 Å². The molecule has 2 N–H and O–H groups in total. The molecule has 0 fully saturated rings. The molecule has 0 aliphatic carbocycles. The number of aliphatic hydroxyl groups excluding tert-OH is 1. The Morgan fingerprint density at radius 1 is 1.50 bits per heavy atom. The zero-order valence-corrected chi connectivity index (χ0v) is 9.06. The third kappa shape index (κ3) is 7.79. The van der Waals surface area contributed by atoms with E-state index >= 15 is 0 Å². The van der Waals surface area contributed by atoms with Crippen LogP contribution in [0.3, 0.4) is 0 Å². The highest BCUT2D eigenvalue weighted by atomic mass is 16.6. The van der Waals surface area contributed by atoms with E-state index in [-0.39, 0.29) is 32.3 Å². The number of nitrogens with one attached hydrogen (secondary N) is 1. The molecule has 0 aromatic heterocycles. The number of carbonyl (C=O) groups is 2. The molecule has 0 aromatic rings. The number of rotatable bonds is 7. The Morgan fingerprint density at radius 2 is 2.19 bits per heavy atom. The molecule has 16 heavy (non-hydrogen) atoms. The van der Waals surface area contributed by atoms with Crippen LogP contribution < -0.4 is 5.32 Å². The minimum absolute atomic E-state index is 0.00779. The van der Waals surface area contributed by atoms with Crippen molar-refractivity contribution < 1.29 is 24.2 Å². The molecule has 0 spiro atoms. The summed E-state index contributed by atoms with van der Waals surface area (Å²) in [6.45, 7) is 1.39. The number of hydrogen-bond donors (Lipinski definition) is 2. The van der Waals surface area contributed by atoms with Crippen molar-refractivity contribution in [2.75, 3.05) is 26.4 Å². The summed E-state index contributed by atoms with van der Waals surface area (Å²) in [6, 6.07) is 0. The van der Waals surface area contributed by atoms with Crippen LogP contribution in [0.5, 0.6) is 0 Å². The molecule has 1 unspecified atom stereocenters. The first kappa shape index (κ1) is 14.4. The Labute approximate surface area is 93.9 Å². The second-order valence-corrected chi connectivity index (χ2v) is 2.88. The molecule has 0 aromatic carbocycles. The quantitative estimate of drug-likeness (QED) is 0.321. The van der Waals surface area contributed by atoms with Crippen molar-refractivity contribution in [2.45, 2.75) is 13.0 Å². The molecule has 90 valence electrons. The van der Waals surface area contributed by atoms with Crippen LogP contribution in [0.25, 0.3) is 0 Å². The largest absolute Gasteiger partial charge is 0.461 e. The highest BCUT2D eigenvalue weighted by Crippen LogP contribution is 1.86. The van der Waals surface area contributed by atoms with Gasteiger partial charge in [-0.2, -0.15) is 0 Å². The Bertz CT molecular complexity index is 269. The van der Waals surface area contributed by atoms with Crippen LogP contribution in [0.1, 0.15) is 6.92 Å². The van der Waals surface area contributed by atoms with Crippen molar-refractivity contribution in [3.63, 3.8) is 0 Å². The van der Waals surface area contributed by atoms with E-state index in [0.717, 1.165) is 0 Å². The summed E-state index contributed by atoms with van der Waals surface area (Å²) >= 11 is 0. The third-order valence-electron chi connectivity index (χ3n) is 1.43. The highest BCUT2D eigenvalue weighted by molar-refractivity contribution is 5.77.